The highest BCUT2D eigenvalue weighted by atomic mass is 16.1. The van der Waals surface area contributed by atoms with Crippen molar-refractivity contribution in [2.24, 2.45) is 0 Å². The second kappa shape index (κ2) is 4.56. The third-order valence-corrected chi connectivity index (χ3v) is 3.50. The number of aryl methyl sites for hydroxylation is 2. The Balaban J connectivity index is 2.20. The lowest BCUT2D eigenvalue weighted by atomic mass is 10.1. The van der Waals surface area contributed by atoms with E-state index in [0.717, 1.165) is 27.9 Å². The van der Waals surface area contributed by atoms with E-state index < -0.39 is 0 Å². The summed E-state index contributed by atoms with van der Waals surface area (Å²) in [6, 6.07) is 9.88. The molecule has 100 valence electrons. The minimum atomic E-state index is -0.0883. The van der Waals surface area contributed by atoms with Crippen LogP contribution in [0.4, 0.5) is 0 Å². The van der Waals surface area contributed by atoms with E-state index in [1.54, 1.807) is 6.92 Å². The van der Waals surface area contributed by atoms with Gasteiger partial charge in [0.15, 0.2) is 0 Å². The third-order valence-electron chi connectivity index (χ3n) is 3.50. The molecule has 1 aromatic carbocycles. The molecule has 1 N–H and O–H groups in total. The summed E-state index contributed by atoms with van der Waals surface area (Å²) < 4.78 is 0. The van der Waals surface area contributed by atoms with Crippen molar-refractivity contribution < 1.29 is 0 Å². The molecule has 4 nitrogen and oxygen atoms in total. The minimum Gasteiger partial charge on any atom is -0.306 e. The maximum Gasteiger partial charge on any atom is 0.254 e. The molecule has 0 saturated carbocycles. The maximum atomic E-state index is 11.8. The highest BCUT2D eigenvalue weighted by Gasteiger charge is 2.07. The molecule has 3 rings (SSSR count). The molecule has 2 heterocycles. The second-order valence-electron chi connectivity index (χ2n) is 4.99. The van der Waals surface area contributed by atoms with Crippen molar-refractivity contribution in [2.75, 3.05) is 0 Å². The molecule has 0 aliphatic rings. The van der Waals surface area contributed by atoms with Crippen LogP contribution < -0.4 is 5.56 Å². The molecule has 0 spiro atoms. The number of nitrogens with zero attached hydrogens (tertiary/aromatic N) is 2. The molecule has 0 saturated heterocycles. The molecule has 4 heteroatoms. The van der Waals surface area contributed by atoms with Crippen LogP contribution in [0.1, 0.15) is 17.0 Å². The molecule has 0 aliphatic carbocycles. The minimum absolute atomic E-state index is 0.0883. The zero-order valence-corrected chi connectivity index (χ0v) is 11.7. The highest BCUT2D eigenvalue weighted by molar-refractivity contribution is 5.83. The number of hydrogen-bond donors (Lipinski definition) is 1. The average Bonchev–Trinajstić information content (AvgIpc) is 2.43. The van der Waals surface area contributed by atoms with Crippen LogP contribution in [0.2, 0.25) is 0 Å². The Labute approximate surface area is 116 Å². The van der Waals surface area contributed by atoms with Gasteiger partial charge in [0, 0.05) is 27.9 Å². The number of fused-ring (bicyclic) bond motifs is 1. The van der Waals surface area contributed by atoms with Crippen LogP contribution >= 0.6 is 0 Å². The van der Waals surface area contributed by atoms with E-state index in [4.69, 9.17) is 0 Å². The number of hydrogen-bond acceptors (Lipinski definition) is 3. The smallest absolute Gasteiger partial charge is 0.254 e. The molecule has 0 bridgehead atoms. The summed E-state index contributed by atoms with van der Waals surface area (Å²) in [5, 5.41) is 1.04. The van der Waals surface area contributed by atoms with Crippen LogP contribution in [-0.2, 0) is 0 Å². The second-order valence-corrected chi connectivity index (χ2v) is 4.99. The molecular weight excluding hydrogens is 250 g/mol. The first-order valence-corrected chi connectivity index (χ1v) is 6.50. The molecule has 0 aliphatic heterocycles. The predicted molar refractivity (Wildman–Crippen MR) is 79.8 cm³/mol. The third kappa shape index (κ3) is 2.09. The lowest BCUT2D eigenvalue weighted by Crippen LogP contribution is -2.14. The van der Waals surface area contributed by atoms with E-state index in [2.05, 4.69) is 15.0 Å². The molecule has 3 aromatic rings. The Bertz CT molecular complexity index is 865. The lowest BCUT2D eigenvalue weighted by molar-refractivity contribution is 1.03. The van der Waals surface area contributed by atoms with Gasteiger partial charge in [0.25, 0.3) is 5.56 Å². The van der Waals surface area contributed by atoms with Gasteiger partial charge in [0.05, 0.1) is 5.52 Å². The zero-order chi connectivity index (χ0) is 14.3. The number of aromatic nitrogens is 3. The summed E-state index contributed by atoms with van der Waals surface area (Å²) in [7, 11) is 0. The fourth-order valence-corrected chi connectivity index (χ4v) is 2.16. The summed E-state index contributed by atoms with van der Waals surface area (Å²) in [4.78, 5) is 23.6. The van der Waals surface area contributed by atoms with Crippen molar-refractivity contribution in [3.8, 4) is 11.4 Å². The molecule has 2 aromatic heterocycles. The predicted octanol–water partition coefficient (Wildman–Crippen LogP) is 2.91. The number of aromatic amines is 1. The molecule has 0 atom stereocenters. The van der Waals surface area contributed by atoms with E-state index in [0.29, 0.717) is 11.4 Å². The number of benzene rings is 1. The number of H-pyrrole nitrogens is 1. The van der Waals surface area contributed by atoms with E-state index >= 15 is 0 Å². The Hall–Kier alpha value is -2.49. The van der Waals surface area contributed by atoms with Gasteiger partial charge >= 0.3 is 0 Å². The Morgan fingerprint density at radius 1 is 1.00 bits per heavy atom. The van der Waals surface area contributed by atoms with E-state index in [9.17, 15) is 4.79 Å². The Kier molecular flexibility index (Phi) is 2.86. The fourth-order valence-electron chi connectivity index (χ4n) is 2.16. The summed E-state index contributed by atoms with van der Waals surface area (Å²) in [5.41, 5.74) is 4.15. The number of rotatable bonds is 1. The van der Waals surface area contributed by atoms with Crippen LogP contribution in [0.5, 0.6) is 0 Å². The summed E-state index contributed by atoms with van der Waals surface area (Å²) in [6.07, 6.45) is 0. The SMILES string of the molecule is Cc1ccc2cc(-c3nc(C)c(C)c(=O)[nH]3)ccc2n1. The first kappa shape index (κ1) is 12.5. The lowest BCUT2D eigenvalue weighted by Gasteiger charge is -2.06. The van der Waals surface area contributed by atoms with Gasteiger partial charge in [-0.3, -0.25) is 9.78 Å². The first-order chi connectivity index (χ1) is 9.54. The molecule has 0 radical (unpaired) electrons. The molecule has 20 heavy (non-hydrogen) atoms. The highest BCUT2D eigenvalue weighted by Crippen LogP contribution is 2.21. The quantitative estimate of drug-likeness (QED) is 0.736. The maximum absolute atomic E-state index is 11.8. The fraction of sp³-hybridized carbons (Fsp3) is 0.188. The van der Waals surface area contributed by atoms with E-state index in [1.807, 2.05) is 44.2 Å². The molecule has 0 fully saturated rings. The number of nitrogens with one attached hydrogen (secondary N) is 1. The Morgan fingerprint density at radius 3 is 2.55 bits per heavy atom. The first-order valence-electron chi connectivity index (χ1n) is 6.50. The average molecular weight is 265 g/mol. The van der Waals surface area contributed by atoms with Crippen LogP contribution in [0.25, 0.3) is 22.3 Å². The standard InChI is InChI=1S/C16H15N3O/c1-9-4-5-12-8-13(6-7-14(12)17-9)15-18-11(3)10(2)16(20)19-15/h4-8H,1-3H3,(H,18,19,20). The zero-order valence-electron chi connectivity index (χ0n) is 11.7. The van der Waals surface area contributed by atoms with Gasteiger partial charge < -0.3 is 4.98 Å². The van der Waals surface area contributed by atoms with Crippen molar-refractivity contribution >= 4 is 10.9 Å². The molecule has 0 unspecified atom stereocenters. The van der Waals surface area contributed by atoms with Gasteiger partial charge in [0.2, 0.25) is 0 Å². The van der Waals surface area contributed by atoms with Crippen molar-refractivity contribution in [1.29, 1.82) is 0 Å². The topological polar surface area (TPSA) is 58.6 Å². The van der Waals surface area contributed by atoms with E-state index in [-0.39, 0.29) is 5.56 Å². The normalized spacial score (nSPS) is 10.9. The van der Waals surface area contributed by atoms with Crippen LogP contribution in [0.15, 0.2) is 35.1 Å². The summed E-state index contributed by atoms with van der Waals surface area (Å²) >= 11 is 0. The van der Waals surface area contributed by atoms with Gasteiger partial charge in [-0.15, -0.1) is 0 Å². The molecule has 0 amide bonds. The van der Waals surface area contributed by atoms with Gasteiger partial charge in [-0.1, -0.05) is 6.07 Å². The van der Waals surface area contributed by atoms with Crippen LogP contribution in [0.3, 0.4) is 0 Å². The largest absolute Gasteiger partial charge is 0.306 e. The Morgan fingerprint density at radius 2 is 1.80 bits per heavy atom. The monoisotopic (exact) mass is 265 g/mol. The van der Waals surface area contributed by atoms with E-state index in [1.165, 1.54) is 0 Å². The van der Waals surface area contributed by atoms with Gasteiger partial charge in [-0.25, -0.2) is 4.98 Å². The van der Waals surface area contributed by atoms with Crippen molar-refractivity contribution in [1.82, 2.24) is 15.0 Å². The summed E-state index contributed by atoms with van der Waals surface area (Å²) in [5.74, 6) is 0.598. The number of pyridine rings is 1. The van der Waals surface area contributed by atoms with Gasteiger partial charge in [-0.2, -0.15) is 0 Å². The molecular formula is C16H15N3O. The van der Waals surface area contributed by atoms with Crippen molar-refractivity contribution in [2.45, 2.75) is 20.8 Å². The van der Waals surface area contributed by atoms with Gasteiger partial charge in [-0.05, 0) is 45.0 Å². The van der Waals surface area contributed by atoms with Crippen molar-refractivity contribution in [3.63, 3.8) is 0 Å². The van der Waals surface area contributed by atoms with Crippen LogP contribution in [-0.4, -0.2) is 15.0 Å². The van der Waals surface area contributed by atoms with Crippen molar-refractivity contribution in [3.05, 3.63) is 57.6 Å². The summed E-state index contributed by atoms with van der Waals surface area (Å²) in [6.45, 7) is 5.59. The van der Waals surface area contributed by atoms with Gasteiger partial charge in [0.1, 0.15) is 5.82 Å². The van der Waals surface area contributed by atoms with Crippen LogP contribution in [0, 0.1) is 20.8 Å².